The molecule has 0 atom stereocenters. The van der Waals surface area contributed by atoms with E-state index in [0.717, 1.165) is 25.2 Å². The Morgan fingerprint density at radius 1 is 1.41 bits per heavy atom. The number of nitrogens with zero attached hydrogens (tertiary/aromatic N) is 1. The molecule has 1 heterocycles. The van der Waals surface area contributed by atoms with Gasteiger partial charge in [0.15, 0.2) is 0 Å². The Hall–Kier alpha value is -0.910. The summed E-state index contributed by atoms with van der Waals surface area (Å²) in [5.74, 6) is 0.0257. The Labute approximate surface area is 103 Å². The van der Waals surface area contributed by atoms with Gasteiger partial charge >= 0.3 is 0 Å². The van der Waals surface area contributed by atoms with Crippen LogP contribution in [0.1, 0.15) is 6.92 Å². The minimum Gasteiger partial charge on any atom is -0.378 e. The number of hydrogen-bond donors (Lipinski definition) is 2. The summed E-state index contributed by atoms with van der Waals surface area (Å²) >= 11 is 0. The zero-order valence-corrected chi connectivity index (χ0v) is 11.0. The molecule has 2 N–H and O–H groups in total. The van der Waals surface area contributed by atoms with Crippen LogP contribution in [0.3, 0.4) is 0 Å². The fourth-order valence-electron chi connectivity index (χ4n) is 1.39. The summed E-state index contributed by atoms with van der Waals surface area (Å²) in [6.07, 6.45) is 0. The number of carbonyl (C=O) groups is 1. The second-order valence-electron chi connectivity index (χ2n) is 4.50. The molecule has 0 aliphatic carbocycles. The summed E-state index contributed by atoms with van der Waals surface area (Å²) in [4.78, 5) is 13.7. The van der Waals surface area contributed by atoms with Crippen LogP contribution in [0.5, 0.6) is 0 Å². The van der Waals surface area contributed by atoms with E-state index in [1.54, 1.807) is 0 Å². The van der Waals surface area contributed by atoms with Crippen molar-refractivity contribution in [2.45, 2.75) is 6.92 Å². The SMILES string of the molecule is CC(C(=O)NCCOCCN(C)C)=C1CNC1. The maximum absolute atomic E-state index is 11.7. The Balaban J connectivity index is 2.04. The Morgan fingerprint density at radius 2 is 2.12 bits per heavy atom. The zero-order chi connectivity index (χ0) is 12.7. The lowest BCUT2D eigenvalue weighted by molar-refractivity contribution is -0.117. The molecule has 98 valence electrons. The standard InChI is InChI=1S/C12H23N3O2/c1-10(11-8-13-9-11)12(16)14-4-6-17-7-5-15(2)3/h13H,4-9H2,1-3H3,(H,14,16). The lowest BCUT2D eigenvalue weighted by atomic mass is 10.0. The zero-order valence-electron chi connectivity index (χ0n) is 11.0. The molecule has 0 spiro atoms. The summed E-state index contributed by atoms with van der Waals surface area (Å²) in [5.41, 5.74) is 2.05. The highest BCUT2D eigenvalue weighted by Crippen LogP contribution is 2.08. The predicted molar refractivity (Wildman–Crippen MR) is 68.0 cm³/mol. The first-order valence-corrected chi connectivity index (χ1v) is 6.01. The Bertz CT molecular complexity index is 281. The number of hydrogen-bond acceptors (Lipinski definition) is 4. The van der Waals surface area contributed by atoms with E-state index < -0.39 is 0 Å². The van der Waals surface area contributed by atoms with E-state index in [-0.39, 0.29) is 5.91 Å². The van der Waals surface area contributed by atoms with Crippen LogP contribution in [0.4, 0.5) is 0 Å². The summed E-state index contributed by atoms with van der Waals surface area (Å²) in [7, 11) is 4.01. The summed E-state index contributed by atoms with van der Waals surface area (Å²) < 4.78 is 5.39. The summed E-state index contributed by atoms with van der Waals surface area (Å²) in [5, 5.41) is 5.98. The molecule has 0 bridgehead atoms. The minimum atomic E-state index is 0.0257. The molecule has 0 saturated carbocycles. The van der Waals surface area contributed by atoms with E-state index in [9.17, 15) is 4.79 Å². The van der Waals surface area contributed by atoms with Gasteiger partial charge in [0.1, 0.15) is 0 Å². The highest BCUT2D eigenvalue weighted by atomic mass is 16.5. The van der Waals surface area contributed by atoms with Crippen molar-refractivity contribution in [2.75, 3.05) is 53.5 Å². The second kappa shape index (κ2) is 7.42. The summed E-state index contributed by atoms with van der Waals surface area (Å²) in [6.45, 7) is 6.32. The van der Waals surface area contributed by atoms with Gasteiger partial charge in [-0.1, -0.05) is 0 Å². The van der Waals surface area contributed by atoms with Gasteiger partial charge in [-0.15, -0.1) is 0 Å². The third-order valence-corrected chi connectivity index (χ3v) is 2.76. The highest BCUT2D eigenvalue weighted by Gasteiger charge is 2.15. The van der Waals surface area contributed by atoms with E-state index in [1.807, 2.05) is 21.0 Å². The van der Waals surface area contributed by atoms with Crippen LogP contribution < -0.4 is 10.6 Å². The van der Waals surface area contributed by atoms with Crippen molar-refractivity contribution in [3.8, 4) is 0 Å². The van der Waals surface area contributed by atoms with Crippen molar-refractivity contribution >= 4 is 5.91 Å². The van der Waals surface area contributed by atoms with Crippen LogP contribution in [-0.2, 0) is 9.53 Å². The molecule has 1 saturated heterocycles. The highest BCUT2D eigenvalue weighted by molar-refractivity contribution is 5.93. The van der Waals surface area contributed by atoms with Gasteiger partial charge in [-0.05, 0) is 26.6 Å². The van der Waals surface area contributed by atoms with Crippen molar-refractivity contribution in [1.29, 1.82) is 0 Å². The van der Waals surface area contributed by atoms with Crippen LogP contribution in [0.2, 0.25) is 0 Å². The van der Waals surface area contributed by atoms with Crippen molar-refractivity contribution in [2.24, 2.45) is 0 Å². The number of amides is 1. The van der Waals surface area contributed by atoms with Crippen LogP contribution in [0.15, 0.2) is 11.1 Å². The fourth-order valence-corrected chi connectivity index (χ4v) is 1.39. The molecule has 1 rings (SSSR count). The van der Waals surface area contributed by atoms with Gasteiger partial charge in [-0.25, -0.2) is 0 Å². The molecule has 1 aliphatic rings. The van der Waals surface area contributed by atoms with Gasteiger partial charge in [0.25, 0.3) is 0 Å². The van der Waals surface area contributed by atoms with Crippen LogP contribution in [0.25, 0.3) is 0 Å². The molecule has 0 radical (unpaired) electrons. The van der Waals surface area contributed by atoms with Crippen molar-refractivity contribution in [3.05, 3.63) is 11.1 Å². The van der Waals surface area contributed by atoms with E-state index in [0.29, 0.717) is 19.8 Å². The average Bonchev–Trinajstić information content (AvgIpc) is 2.19. The molecule has 1 amide bonds. The first-order valence-electron chi connectivity index (χ1n) is 6.01. The topological polar surface area (TPSA) is 53.6 Å². The lowest BCUT2D eigenvalue weighted by Crippen LogP contribution is -2.38. The van der Waals surface area contributed by atoms with Crippen LogP contribution in [-0.4, -0.2) is 64.3 Å². The number of nitrogens with one attached hydrogen (secondary N) is 2. The minimum absolute atomic E-state index is 0.0257. The normalized spacial score (nSPS) is 14.7. The average molecular weight is 241 g/mol. The smallest absolute Gasteiger partial charge is 0.247 e. The molecule has 0 aromatic rings. The maximum Gasteiger partial charge on any atom is 0.247 e. The summed E-state index contributed by atoms with van der Waals surface area (Å²) in [6, 6.07) is 0. The van der Waals surface area contributed by atoms with Gasteiger partial charge in [-0.2, -0.15) is 0 Å². The first kappa shape index (κ1) is 14.2. The van der Waals surface area contributed by atoms with E-state index >= 15 is 0 Å². The van der Waals surface area contributed by atoms with Gasteiger partial charge in [0.05, 0.1) is 13.2 Å². The monoisotopic (exact) mass is 241 g/mol. The number of likely N-dealkylation sites (N-methyl/N-ethyl adjacent to an activating group) is 1. The second-order valence-corrected chi connectivity index (χ2v) is 4.50. The van der Waals surface area contributed by atoms with Crippen LogP contribution >= 0.6 is 0 Å². The van der Waals surface area contributed by atoms with Crippen molar-refractivity contribution in [1.82, 2.24) is 15.5 Å². The van der Waals surface area contributed by atoms with Crippen molar-refractivity contribution < 1.29 is 9.53 Å². The number of rotatable bonds is 7. The van der Waals surface area contributed by atoms with Gasteiger partial charge in [0.2, 0.25) is 5.91 Å². The molecular formula is C12H23N3O2. The molecular weight excluding hydrogens is 218 g/mol. The Morgan fingerprint density at radius 3 is 2.65 bits per heavy atom. The predicted octanol–water partition coefficient (Wildman–Crippen LogP) is -0.399. The van der Waals surface area contributed by atoms with E-state index in [1.165, 1.54) is 5.57 Å². The molecule has 1 aliphatic heterocycles. The van der Waals surface area contributed by atoms with E-state index in [2.05, 4.69) is 15.5 Å². The molecule has 5 heteroatoms. The molecule has 0 unspecified atom stereocenters. The van der Waals surface area contributed by atoms with E-state index in [4.69, 9.17) is 4.74 Å². The molecule has 0 aromatic carbocycles. The Kier molecular flexibility index (Phi) is 6.18. The van der Waals surface area contributed by atoms with Gasteiger partial charge < -0.3 is 20.3 Å². The number of ether oxygens (including phenoxy) is 1. The lowest BCUT2D eigenvalue weighted by Gasteiger charge is -2.21. The van der Waals surface area contributed by atoms with Gasteiger partial charge in [-0.3, -0.25) is 4.79 Å². The molecule has 1 fully saturated rings. The van der Waals surface area contributed by atoms with Gasteiger partial charge in [0, 0.05) is 31.8 Å². The fraction of sp³-hybridized carbons (Fsp3) is 0.750. The third kappa shape index (κ3) is 5.30. The molecule has 17 heavy (non-hydrogen) atoms. The number of carbonyl (C=O) groups excluding carboxylic acids is 1. The largest absolute Gasteiger partial charge is 0.378 e. The first-order chi connectivity index (χ1) is 8.11. The molecule has 5 nitrogen and oxygen atoms in total. The van der Waals surface area contributed by atoms with Crippen molar-refractivity contribution in [3.63, 3.8) is 0 Å². The van der Waals surface area contributed by atoms with Crippen LogP contribution in [0, 0.1) is 0 Å². The molecule has 0 aromatic heterocycles. The maximum atomic E-state index is 11.7. The quantitative estimate of drug-likeness (QED) is 0.470. The third-order valence-electron chi connectivity index (χ3n) is 2.76.